The van der Waals surface area contributed by atoms with E-state index >= 15 is 0 Å². The quantitative estimate of drug-likeness (QED) is 0.674. The number of para-hydroxylation sites is 1. The number of aryl methyl sites for hydroxylation is 2. The molecular formula is C23H25F3N2O3S. The summed E-state index contributed by atoms with van der Waals surface area (Å²) < 4.78 is 67.0. The van der Waals surface area contributed by atoms with Crippen molar-refractivity contribution in [2.45, 2.75) is 43.7 Å². The molecule has 0 saturated carbocycles. The van der Waals surface area contributed by atoms with Gasteiger partial charge in [-0.15, -0.1) is 0 Å². The van der Waals surface area contributed by atoms with Gasteiger partial charge in [-0.2, -0.15) is 17.5 Å². The molecule has 0 atom stereocenters. The van der Waals surface area contributed by atoms with Gasteiger partial charge in [0.2, 0.25) is 15.9 Å². The molecule has 5 nitrogen and oxygen atoms in total. The zero-order chi connectivity index (χ0) is 23.1. The summed E-state index contributed by atoms with van der Waals surface area (Å²) >= 11 is 0. The molecule has 32 heavy (non-hydrogen) atoms. The lowest BCUT2D eigenvalue weighted by Crippen LogP contribution is -2.46. The van der Waals surface area contributed by atoms with Gasteiger partial charge in [0.25, 0.3) is 0 Å². The van der Waals surface area contributed by atoms with E-state index in [1.807, 2.05) is 30.0 Å². The first-order valence-corrected chi connectivity index (χ1v) is 12.1. The van der Waals surface area contributed by atoms with Crippen LogP contribution in [0.15, 0.2) is 47.4 Å². The van der Waals surface area contributed by atoms with Gasteiger partial charge in [0.15, 0.2) is 0 Å². The van der Waals surface area contributed by atoms with Crippen LogP contribution in [-0.2, 0) is 27.4 Å². The van der Waals surface area contributed by atoms with Crippen molar-refractivity contribution >= 4 is 21.6 Å². The molecule has 0 radical (unpaired) electrons. The first kappa shape index (κ1) is 22.8. The van der Waals surface area contributed by atoms with Crippen molar-refractivity contribution in [2.24, 2.45) is 5.92 Å². The Morgan fingerprint density at radius 3 is 2.38 bits per heavy atom. The highest BCUT2D eigenvalue weighted by atomic mass is 32.2. The van der Waals surface area contributed by atoms with Gasteiger partial charge in [-0.1, -0.05) is 30.3 Å². The molecule has 1 amide bonds. The van der Waals surface area contributed by atoms with Gasteiger partial charge in [-0.25, -0.2) is 8.42 Å². The molecule has 0 aromatic heterocycles. The Kier molecular flexibility index (Phi) is 6.06. The van der Waals surface area contributed by atoms with Crippen molar-refractivity contribution in [3.05, 3.63) is 59.2 Å². The van der Waals surface area contributed by atoms with Gasteiger partial charge in [0.05, 0.1) is 10.5 Å². The van der Waals surface area contributed by atoms with Crippen LogP contribution in [0.1, 0.15) is 36.0 Å². The van der Waals surface area contributed by atoms with Gasteiger partial charge < -0.3 is 4.90 Å². The van der Waals surface area contributed by atoms with Crippen molar-refractivity contribution in [3.63, 3.8) is 0 Å². The average molecular weight is 467 g/mol. The number of alkyl halides is 3. The Bertz CT molecular complexity index is 1120. The summed E-state index contributed by atoms with van der Waals surface area (Å²) in [6.45, 7) is 2.62. The summed E-state index contributed by atoms with van der Waals surface area (Å²) in [5.41, 5.74) is 1.93. The number of hydrogen-bond acceptors (Lipinski definition) is 3. The molecule has 1 saturated heterocycles. The molecular weight excluding hydrogens is 441 g/mol. The van der Waals surface area contributed by atoms with E-state index < -0.39 is 26.7 Å². The monoisotopic (exact) mass is 466 g/mol. The zero-order valence-electron chi connectivity index (χ0n) is 17.7. The number of amides is 1. The molecule has 1 fully saturated rings. The largest absolute Gasteiger partial charge is 0.417 e. The van der Waals surface area contributed by atoms with Crippen molar-refractivity contribution in [1.82, 2.24) is 4.31 Å². The molecule has 0 unspecified atom stereocenters. The summed E-state index contributed by atoms with van der Waals surface area (Å²) in [7, 11) is -4.32. The summed E-state index contributed by atoms with van der Waals surface area (Å²) in [5, 5.41) is 0. The first-order valence-electron chi connectivity index (χ1n) is 10.7. The van der Waals surface area contributed by atoms with Crippen LogP contribution < -0.4 is 4.90 Å². The maximum atomic E-state index is 13.3. The average Bonchev–Trinajstić information content (AvgIpc) is 2.78. The van der Waals surface area contributed by atoms with E-state index in [0.717, 1.165) is 46.1 Å². The van der Waals surface area contributed by atoms with E-state index in [1.54, 1.807) is 0 Å². The van der Waals surface area contributed by atoms with Crippen molar-refractivity contribution in [3.8, 4) is 0 Å². The number of carbonyl (C=O) groups excluding carboxylic acids is 1. The van der Waals surface area contributed by atoms with Crippen LogP contribution in [-0.4, -0.2) is 38.3 Å². The lowest BCUT2D eigenvalue weighted by Gasteiger charge is -2.37. The second-order valence-corrected chi connectivity index (χ2v) is 10.3. The molecule has 4 rings (SSSR count). The van der Waals surface area contributed by atoms with E-state index in [0.29, 0.717) is 6.54 Å². The number of piperidine rings is 1. The minimum atomic E-state index is -4.77. The molecule has 0 spiro atoms. The maximum Gasteiger partial charge on any atom is 0.417 e. The molecule has 172 valence electrons. The predicted molar refractivity (Wildman–Crippen MR) is 115 cm³/mol. The van der Waals surface area contributed by atoms with Crippen LogP contribution >= 0.6 is 0 Å². The summed E-state index contributed by atoms with van der Waals surface area (Å²) in [4.78, 5) is 14.4. The number of halogens is 3. The second kappa shape index (κ2) is 8.51. The molecule has 9 heteroatoms. The third kappa shape index (κ3) is 4.15. The van der Waals surface area contributed by atoms with Crippen LogP contribution in [0.25, 0.3) is 0 Å². The lowest BCUT2D eigenvalue weighted by atomic mass is 9.93. The summed E-state index contributed by atoms with van der Waals surface area (Å²) in [5.74, 6) is -0.391. The van der Waals surface area contributed by atoms with Gasteiger partial charge in [0.1, 0.15) is 0 Å². The molecule has 2 aromatic rings. The van der Waals surface area contributed by atoms with E-state index in [-0.39, 0.29) is 37.8 Å². The molecule has 0 bridgehead atoms. The number of anilines is 1. The SMILES string of the molecule is Cc1cccc2c1N(C(=O)C1CCN(S(=O)(=O)c3ccccc3C(F)(F)F)CC1)CCC2. The Morgan fingerprint density at radius 1 is 1.00 bits per heavy atom. The number of nitrogens with zero attached hydrogens (tertiary/aromatic N) is 2. The number of benzene rings is 2. The summed E-state index contributed by atoms with van der Waals surface area (Å²) in [6.07, 6.45) is -2.43. The van der Waals surface area contributed by atoms with Crippen molar-refractivity contribution in [2.75, 3.05) is 24.5 Å². The van der Waals surface area contributed by atoms with E-state index in [4.69, 9.17) is 0 Å². The van der Waals surface area contributed by atoms with Crippen LogP contribution in [0.5, 0.6) is 0 Å². The molecule has 2 heterocycles. The first-order chi connectivity index (χ1) is 15.1. The zero-order valence-corrected chi connectivity index (χ0v) is 18.5. The molecule has 2 aliphatic heterocycles. The van der Waals surface area contributed by atoms with Crippen molar-refractivity contribution in [1.29, 1.82) is 0 Å². The van der Waals surface area contributed by atoms with Crippen LogP contribution in [0.3, 0.4) is 0 Å². The predicted octanol–water partition coefficient (Wildman–Crippen LogP) is 4.39. The number of fused-ring (bicyclic) bond motifs is 1. The van der Waals surface area contributed by atoms with E-state index in [2.05, 4.69) is 0 Å². The summed E-state index contributed by atoms with van der Waals surface area (Å²) in [6, 6.07) is 10.2. The number of hydrogen-bond donors (Lipinski definition) is 0. The lowest BCUT2D eigenvalue weighted by molar-refractivity contribution is -0.139. The highest BCUT2D eigenvalue weighted by Gasteiger charge is 2.41. The fraction of sp³-hybridized carbons (Fsp3) is 0.435. The third-order valence-electron chi connectivity index (χ3n) is 6.30. The second-order valence-electron chi connectivity index (χ2n) is 8.35. The van der Waals surface area contributed by atoms with Crippen molar-refractivity contribution < 1.29 is 26.4 Å². The Morgan fingerprint density at radius 2 is 1.69 bits per heavy atom. The van der Waals surface area contributed by atoms with Gasteiger partial charge in [-0.05, 0) is 55.9 Å². The smallest absolute Gasteiger partial charge is 0.312 e. The standard InChI is InChI=1S/C23H25F3N2O3S/c1-16-6-4-7-17-8-5-13-28(21(16)17)22(29)18-11-14-27(15-12-18)32(30,31)20-10-3-2-9-19(20)23(24,25)26/h2-4,6-7,9-10,18H,5,8,11-15H2,1H3. The Hall–Kier alpha value is -2.39. The number of sulfonamides is 1. The topological polar surface area (TPSA) is 57.7 Å². The van der Waals surface area contributed by atoms with E-state index in [9.17, 15) is 26.4 Å². The minimum Gasteiger partial charge on any atom is -0.312 e. The van der Waals surface area contributed by atoms with Gasteiger partial charge >= 0.3 is 6.18 Å². The third-order valence-corrected chi connectivity index (χ3v) is 8.26. The minimum absolute atomic E-state index is 0.0133. The fourth-order valence-electron chi connectivity index (χ4n) is 4.70. The number of rotatable bonds is 3. The van der Waals surface area contributed by atoms with Crippen LogP contribution in [0, 0.1) is 12.8 Å². The van der Waals surface area contributed by atoms with Crippen LogP contribution in [0.2, 0.25) is 0 Å². The van der Waals surface area contributed by atoms with Gasteiger partial charge in [-0.3, -0.25) is 4.79 Å². The normalized spacial score (nSPS) is 18.4. The molecule has 2 aromatic carbocycles. The van der Waals surface area contributed by atoms with Crippen LogP contribution in [0.4, 0.5) is 18.9 Å². The number of carbonyl (C=O) groups is 1. The Balaban J connectivity index is 1.51. The molecule has 2 aliphatic rings. The fourth-order valence-corrected chi connectivity index (χ4v) is 6.38. The molecule has 0 aliphatic carbocycles. The highest BCUT2D eigenvalue weighted by molar-refractivity contribution is 7.89. The highest BCUT2D eigenvalue weighted by Crippen LogP contribution is 2.37. The van der Waals surface area contributed by atoms with E-state index in [1.165, 1.54) is 12.1 Å². The molecule has 0 N–H and O–H groups in total. The Labute approximate surface area is 185 Å². The maximum absolute atomic E-state index is 13.3. The van der Waals surface area contributed by atoms with Gasteiger partial charge in [0, 0.05) is 31.2 Å².